The van der Waals surface area contributed by atoms with Crippen molar-refractivity contribution in [2.75, 3.05) is 11.9 Å². The molecule has 0 radical (unpaired) electrons. The molecule has 1 aromatic heterocycles. The van der Waals surface area contributed by atoms with E-state index in [0.29, 0.717) is 13.1 Å². The van der Waals surface area contributed by atoms with Gasteiger partial charge in [0, 0.05) is 12.2 Å². The van der Waals surface area contributed by atoms with Crippen molar-refractivity contribution in [3.05, 3.63) is 41.7 Å². The molecule has 18 heavy (non-hydrogen) atoms. The lowest BCUT2D eigenvalue weighted by Crippen LogP contribution is -2.11. The molecule has 2 N–H and O–H groups in total. The average molecular weight is 246 g/mol. The van der Waals surface area contributed by atoms with E-state index in [9.17, 15) is 4.79 Å². The van der Waals surface area contributed by atoms with Gasteiger partial charge >= 0.3 is 5.97 Å². The summed E-state index contributed by atoms with van der Waals surface area (Å²) in [7, 11) is 0. The Morgan fingerprint density at radius 1 is 1.44 bits per heavy atom. The molecule has 0 aliphatic rings. The van der Waals surface area contributed by atoms with Crippen LogP contribution in [0.3, 0.4) is 0 Å². The molecule has 1 heterocycles. The highest BCUT2D eigenvalue weighted by molar-refractivity contribution is 5.84. The zero-order valence-electron chi connectivity index (χ0n) is 10.00. The first-order valence-corrected chi connectivity index (χ1v) is 5.60. The second-order valence-electron chi connectivity index (χ2n) is 3.91. The van der Waals surface area contributed by atoms with Crippen molar-refractivity contribution >= 4 is 11.7 Å². The minimum atomic E-state index is -1.06. The van der Waals surface area contributed by atoms with Gasteiger partial charge in [-0.25, -0.2) is 9.48 Å². The summed E-state index contributed by atoms with van der Waals surface area (Å²) in [4.78, 5) is 10.6. The van der Waals surface area contributed by atoms with Crippen molar-refractivity contribution in [1.82, 2.24) is 15.0 Å². The number of carboxylic acid groups (broad SMARTS) is 1. The fourth-order valence-corrected chi connectivity index (χ4v) is 1.58. The molecule has 0 saturated carbocycles. The van der Waals surface area contributed by atoms with Crippen molar-refractivity contribution in [2.45, 2.75) is 13.5 Å². The predicted octanol–water partition coefficient (Wildman–Crippen LogP) is 1.40. The molecule has 0 saturated heterocycles. The Bertz CT molecular complexity index is 551. The molecule has 0 aliphatic heterocycles. The minimum Gasteiger partial charge on any atom is -0.476 e. The van der Waals surface area contributed by atoms with Crippen LogP contribution < -0.4 is 5.32 Å². The summed E-state index contributed by atoms with van der Waals surface area (Å²) >= 11 is 0. The van der Waals surface area contributed by atoms with Crippen LogP contribution in [-0.4, -0.2) is 32.6 Å². The quantitative estimate of drug-likeness (QED) is 0.833. The van der Waals surface area contributed by atoms with Crippen molar-refractivity contribution in [3.8, 4) is 0 Å². The Kier molecular flexibility index (Phi) is 3.57. The van der Waals surface area contributed by atoms with Crippen molar-refractivity contribution in [1.29, 1.82) is 0 Å². The standard InChI is InChI=1S/C12H14N4O2/c1-9-4-2-3-5-10(9)13-6-7-16-8-11(12(17)18)14-15-16/h2-5,8,13H,6-7H2,1H3,(H,17,18). The minimum absolute atomic E-state index is 0.0362. The third kappa shape index (κ3) is 2.85. The van der Waals surface area contributed by atoms with Gasteiger partial charge in [-0.05, 0) is 18.6 Å². The van der Waals surface area contributed by atoms with Crippen LogP contribution in [0.5, 0.6) is 0 Å². The fraction of sp³-hybridized carbons (Fsp3) is 0.250. The predicted molar refractivity (Wildman–Crippen MR) is 66.7 cm³/mol. The molecule has 0 spiro atoms. The van der Waals surface area contributed by atoms with E-state index < -0.39 is 5.97 Å². The molecule has 0 unspecified atom stereocenters. The highest BCUT2D eigenvalue weighted by Crippen LogP contribution is 2.12. The van der Waals surface area contributed by atoms with Crippen LogP contribution in [0.25, 0.3) is 0 Å². The number of hydrogen-bond acceptors (Lipinski definition) is 4. The van der Waals surface area contributed by atoms with Gasteiger partial charge in [0.05, 0.1) is 12.7 Å². The molecule has 1 aromatic carbocycles. The number of aryl methyl sites for hydroxylation is 1. The number of nitrogens with zero attached hydrogens (tertiary/aromatic N) is 3. The van der Waals surface area contributed by atoms with Crippen molar-refractivity contribution in [2.24, 2.45) is 0 Å². The van der Waals surface area contributed by atoms with Gasteiger partial charge in [-0.1, -0.05) is 23.4 Å². The second-order valence-corrected chi connectivity index (χ2v) is 3.91. The first-order valence-electron chi connectivity index (χ1n) is 5.60. The summed E-state index contributed by atoms with van der Waals surface area (Å²) in [5, 5.41) is 19.3. The van der Waals surface area contributed by atoms with Crippen LogP contribution >= 0.6 is 0 Å². The summed E-state index contributed by atoms with van der Waals surface area (Å²) < 4.78 is 1.51. The van der Waals surface area contributed by atoms with Crippen LogP contribution in [0.4, 0.5) is 5.69 Å². The Morgan fingerprint density at radius 2 is 2.22 bits per heavy atom. The molecule has 6 heteroatoms. The number of carboxylic acids is 1. The van der Waals surface area contributed by atoms with E-state index >= 15 is 0 Å². The van der Waals surface area contributed by atoms with Gasteiger partial charge in [0.1, 0.15) is 0 Å². The summed E-state index contributed by atoms with van der Waals surface area (Å²) in [5.41, 5.74) is 2.20. The fourth-order valence-electron chi connectivity index (χ4n) is 1.58. The van der Waals surface area contributed by atoms with Gasteiger partial charge in [-0.2, -0.15) is 0 Å². The Hall–Kier alpha value is -2.37. The van der Waals surface area contributed by atoms with E-state index in [2.05, 4.69) is 15.6 Å². The van der Waals surface area contributed by atoms with Gasteiger partial charge in [0.25, 0.3) is 0 Å². The molecule has 0 fully saturated rings. The number of aromatic carboxylic acids is 1. The number of aromatic nitrogens is 3. The van der Waals surface area contributed by atoms with E-state index in [1.54, 1.807) is 0 Å². The third-order valence-electron chi connectivity index (χ3n) is 2.56. The smallest absolute Gasteiger partial charge is 0.358 e. The van der Waals surface area contributed by atoms with Crippen molar-refractivity contribution < 1.29 is 9.90 Å². The zero-order chi connectivity index (χ0) is 13.0. The monoisotopic (exact) mass is 246 g/mol. The van der Waals surface area contributed by atoms with E-state index in [4.69, 9.17) is 5.11 Å². The molecule has 0 atom stereocenters. The van der Waals surface area contributed by atoms with Gasteiger partial charge < -0.3 is 10.4 Å². The molecule has 2 aromatic rings. The van der Waals surface area contributed by atoms with Gasteiger partial charge in [-0.3, -0.25) is 0 Å². The first kappa shape index (κ1) is 12.1. The SMILES string of the molecule is Cc1ccccc1NCCn1cc(C(=O)O)nn1. The average Bonchev–Trinajstić information content (AvgIpc) is 2.80. The van der Waals surface area contributed by atoms with Crippen molar-refractivity contribution in [3.63, 3.8) is 0 Å². The first-order chi connectivity index (χ1) is 8.66. The van der Waals surface area contributed by atoms with Crippen LogP contribution in [0.2, 0.25) is 0 Å². The topological polar surface area (TPSA) is 80.0 Å². The zero-order valence-corrected chi connectivity index (χ0v) is 10.00. The normalized spacial score (nSPS) is 10.3. The Balaban J connectivity index is 1.88. The van der Waals surface area contributed by atoms with E-state index in [-0.39, 0.29) is 5.69 Å². The van der Waals surface area contributed by atoms with Gasteiger partial charge in [0.2, 0.25) is 0 Å². The lowest BCUT2D eigenvalue weighted by molar-refractivity contribution is 0.0690. The maximum absolute atomic E-state index is 10.6. The molecule has 0 bridgehead atoms. The maximum Gasteiger partial charge on any atom is 0.358 e. The molecule has 2 rings (SSSR count). The third-order valence-corrected chi connectivity index (χ3v) is 2.56. The number of para-hydroxylation sites is 1. The van der Waals surface area contributed by atoms with E-state index in [1.165, 1.54) is 16.4 Å². The van der Waals surface area contributed by atoms with E-state index in [0.717, 1.165) is 5.69 Å². The molecular weight excluding hydrogens is 232 g/mol. The van der Waals surface area contributed by atoms with Crippen LogP contribution in [0, 0.1) is 6.92 Å². The Labute approximate surface area is 104 Å². The molecule has 94 valence electrons. The highest BCUT2D eigenvalue weighted by Gasteiger charge is 2.07. The number of benzene rings is 1. The van der Waals surface area contributed by atoms with Crippen LogP contribution in [0.15, 0.2) is 30.5 Å². The molecule has 6 nitrogen and oxygen atoms in total. The second kappa shape index (κ2) is 5.31. The lowest BCUT2D eigenvalue weighted by atomic mass is 10.2. The molecule has 0 aliphatic carbocycles. The highest BCUT2D eigenvalue weighted by atomic mass is 16.4. The number of nitrogens with one attached hydrogen (secondary N) is 1. The van der Waals surface area contributed by atoms with Crippen LogP contribution in [0.1, 0.15) is 16.1 Å². The molecule has 0 amide bonds. The summed E-state index contributed by atoms with van der Waals surface area (Å²) in [5.74, 6) is -1.06. The number of anilines is 1. The number of carbonyl (C=O) groups is 1. The molecular formula is C12H14N4O2. The number of hydrogen-bond donors (Lipinski definition) is 2. The largest absolute Gasteiger partial charge is 0.476 e. The lowest BCUT2D eigenvalue weighted by Gasteiger charge is -2.08. The summed E-state index contributed by atoms with van der Waals surface area (Å²) in [6.45, 7) is 3.25. The summed E-state index contributed by atoms with van der Waals surface area (Å²) in [6, 6.07) is 7.98. The van der Waals surface area contributed by atoms with Gasteiger partial charge in [-0.15, -0.1) is 5.10 Å². The maximum atomic E-state index is 10.6. The van der Waals surface area contributed by atoms with Crippen LogP contribution in [-0.2, 0) is 6.54 Å². The Morgan fingerprint density at radius 3 is 2.89 bits per heavy atom. The number of rotatable bonds is 5. The summed E-state index contributed by atoms with van der Waals surface area (Å²) in [6.07, 6.45) is 1.42. The van der Waals surface area contributed by atoms with Gasteiger partial charge in [0.15, 0.2) is 5.69 Å². The van der Waals surface area contributed by atoms with E-state index in [1.807, 2.05) is 31.2 Å².